The van der Waals surface area contributed by atoms with Crippen LogP contribution in [0.15, 0.2) is 48.5 Å². The van der Waals surface area contributed by atoms with Crippen LogP contribution >= 0.6 is 0 Å². The zero-order valence-corrected chi connectivity index (χ0v) is 15.4. The van der Waals surface area contributed by atoms with E-state index in [0.717, 1.165) is 11.3 Å². The van der Waals surface area contributed by atoms with Crippen LogP contribution in [0.25, 0.3) is 0 Å². The summed E-state index contributed by atoms with van der Waals surface area (Å²) in [5.41, 5.74) is 7.90. The molecule has 0 bridgehead atoms. The normalized spacial score (nSPS) is 15.2. The first-order chi connectivity index (χ1) is 12.2. The van der Waals surface area contributed by atoms with Crippen molar-refractivity contribution in [3.8, 4) is 5.75 Å². The van der Waals surface area contributed by atoms with E-state index in [2.05, 4.69) is 0 Å². The first-order valence-electron chi connectivity index (χ1n) is 8.73. The van der Waals surface area contributed by atoms with Crippen LogP contribution in [0, 0.1) is 0 Å². The van der Waals surface area contributed by atoms with Crippen LogP contribution in [0.4, 0.5) is 0 Å². The summed E-state index contributed by atoms with van der Waals surface area (Å²) in [4.78, 5) is 26.1. The van der Waals surface area contributed by atoms with Crippen LogP contribution in [-0.2, 0) is 6.42 Å². The van der Waals surface area contributed by atoms with E-state index in [0.29, 0.717) is 17.5 Å². The maximum Gasteiger partial charge on any atom is 0.261 e. The lowest BCUT2D eigenvalue weighted by Crippen LogP contribution is -2.41. The van der Waals surface area contributed by atoms with E-state index in [4.69, 9.17) is 10.5 Å². The second kappa shape index (κ2) is 6.92. The Hall–Kier alpha value is -2.66. The largest absolute Gasteiger partial charge is 0.488 e. The van der Waals surface area contributed by atoms with Crippen molar-refractivity contribution in [2.75, 3.05) is 6.54 Å². The van der Waals surface area contributed by atoms with Crippen molar-refractivity contribution in [1.29, 1.82) is 0 Å². The Labute approximate surface area is 153 Å². The fourth-order valence-corrected chi connectivity index (χ4v) is 3.05. The van der Waals surface area contributed by atoms with Gasteiger partial charge in [0.25, 0.3) is 11.8 Å². The van der Waals surface area contributed by atoms with Crippen LogP contribution in [0.5, 0.6) is 5.75 Å². The summed E-state index contributed by atoms with van der Waals surface area (Å²) < 4.78 is 5.80. The quantitative estimate of drug-likeness (QED) is 0.840. The van der Waals surface area contributed by atoms with Crippen molar-refractivity contribution in [1.82, 2.24) is 4.90 Å². The molecule has 2 N–H and O–H groups in total. The van der Waals surface area contributed by atoms with Gasteiger partial charge in [0.15, 0.2) is 0 Å². The molecule has 0 saturated carbocycles. The second-order valence-corrected chi connectivity index (χ2v) is 7.59. The number of nitrogens with zero attached hydrogens (tertiary/aromatic N) is 1. The first kappa shape index (κ1) is 18.1. The Morgan fingerprint density at radius 3 is 2.00 bits per heavy atom. The highest BCUT2D eigenvalue weighted by Crippen LogP contribution is 2.23. The SMILES string of the molecule is CC(C)(C)Oc1ccc(C[C@H](N)CN2C(=O)c3ccccc3C2=O)cc1. The van der Waals surface area contributed by atoms with E-state index in [1.165, 1.54) is 4.90 Å². The maximum atomic E-state index is 12.4. The molecule has 0 aromatic heterocycles. The molecule has 5 heteroatoms. The van der Waals surface area contributed by atoms with Gasteiger partial charge in [-0.3, -0.25) is 14.5 Å². The number of carbonyl (C=O) groups is 2. The molecule has 1 aliphatic heterocycles. The number of hydrogen-bond donors (Lipinski definition) is 1. The highest BCUT2D eigenvalue weighted by molar-refractivity contribution is 6.21. The van der Waals surface area contributed by atoms with Crippen LogP contribution in [0.1, 0.15) is 47.1 Å². The molecule has 0 aliphatic carbocycles. The minimum absolute atomic E-state index is 0.201. The van der Waals surface area contributed by atoms with Gasteiger partial charge in [0.2, 0.25) is 0 Å². The first-order valence-corrected chi connectivity index (χ1v) is 8.73. The van der Waals surface area contributed by atoms with Crippen LogP contribution in [0.3, 0.4) is 0 Å². The monoisotopic (exact) mass is 352 g/mol. The van der Waals surface area contributed by atoms with Gasteiger partial charge in [-0.15, -0.1) is 0 Å². The Balaban J connectivity index is 1.62. The van der Waals surface area contributed by atoms with Gasteiger partial charge >= 0.3 is 0 Å². The third kappa shape index (κ3) is 3.94. The zero-order valence-electron chi connectivity index (χ0n) is 15.4. The van der Waals surface area contributed by atoms with Gasteiger partial charge in [-0.1, -0.05) is 24.3 Å². The summed E-state index contributed by atoms with van der Waals surface area (Å²) in [6.07, 6.45) is 0.573. The molecule has 1 aliphatic rings. The topological polar surface area (TPSA) is 72.6 Å². The molecule has 1 atom stereocenters. The lowest BCUT2D eigenvalue weighted by Gasteiger charge is -2.22. The van der Waals surface area contributed by atoms with E-state index in [1.807, 2.05) is 45.0 Å². The molecule has 0 radical (unpaired) electrons. The highest BCUT2D eigenvalue weighted by atomic mass is 16.5. The van der Waals surface area contributed by atoms with Gasteiger partial charge in [-0.2, -0.15) is 0 Å². The predicted molar refractivity (Wildman–Crippen MR) is 100 cm³/mol. The number of benzene rings is 2. The average Bonchev–Trinajstić information content (AvgIpc) is 2.81. The van der Waals surface area contributed by atoms with E-state index in [1.54, 1.807) is 24.3 Å². The minimum Gasteiger partial charge on any atom is -0.488 e. The lowest BCUT2D eigenvalue weighted by atomic mass is 10.1. The predicted octanol–water partition coefficient (Wildman–Crippen LogP) is 3.03. The summed E-state index contributed by atoms with van der Waals surface area (Å²) in [6.45, 7) is 6.20. The number of carbonyl (C=O) groups excluding carboxylic acids is 2. The highest BCUT2D eigenvalue weighted by Gasteiger charge is 2.35. The van der Waals surface area contributed by atoms with Crippen molar-refractivity contribution in [2.45, 2.75) is 38.8 Å². The second-order valence-electron chi connectivity index (χ2n) is 7.59. The summed E-state index contributed by atoms with van der Waals surface area (Å²) >= 11 is 0. The number of amides is 2. The number of fused-ring (bicyclic) bond motifs is 1. The molecule has 136 valence electrons. The number of hydrogen-bond acceptors (Lipinski definition) is 4. The number of rotatable bonds is 5. The molecule has 3 rings (SSSR count). The molecule has 0 unspecified atom stereocenters. The fourth-order valence-electron chi connectivity index (χ4n) is 3.05. The summed E-state index contributed by atoms with van der Waals surface area (Å²) in [5, 5.41) is 0. The van der Waals surface area contributed by atoms with Gasteiger partial charge in [-0.25, -0.2) is 0 Å². The smallest absolute Gasteiger partial charge is 0.261 e. The summed E-state index contributed by atoms with van der Waals surface area (Å²) in [7, 11) is 0. The number of nitrogens with two attached hydrogens (primary N) is 1. The zero-order chi connectivity index (χ0) is 18.9. The van der Waals surface area contributed by atoms with E-state index >= 15 is 0 Å². The van der Waals surface area contributed by atoms with Crippen molar-refractivity contribution < 1.29 is 14.3 Å². The van der Waals surface area contributed by atoms with Crippen molar-refractivity contribution in [3.63, 3.8) is 0 Å². The fraction of sp³-hybridized carbons (Fsp3) is 0.333. The van der Waals surface area contributed by atoms with E-state index < -0.39 is 0 Å². The van der Waals surface area contributed by atoms with Crippen molar-refractivity contribution in [2.24, 2.45) is 5.73 Å². The van der Waals surface area contributed by atoms with Gasteiger partial charge in [0.1, 0.15) is 11.4 Å². The molecule has 2 aromatic carbocycles. The molecule has 26 heavy (non-hydrogen) atoms. The Kier molecular flexibility index (Phi) is 4.83. The Morgan fingerprint density at radius 1 is 0.962 bits per heavy atom. The standard InChI is InChI=1S/C21H24N2O3/c1-21(2,3)26-16-10-8-14(9-11-16)12-15(22)13-23-19(24)17-6-4-5-7-18(17)20(23)25/h4-11,15H,12-13,22H2,1-3H3/t15-/m0/s1. The average molecular weight is 352 g/mol. The van der Waals surface area contributed by atoms with Gasteiger partial charge < -0.3 is 10.5 Å². The molecular weight excluding hydrogens is 328 g/mol. The molecular formula is C21H24N2O3. The summed E-state index contributed by atoms with van der Waals surface area (Å²) in [5.74, 6) is 0.264. The molecule has 0 spiro atoms. The van der Waals surface area contributed by atoms with Crippen molar-refractivity contribution in [3.05, 3.63) is 65.2 Å². The Bertz CT molecular complexity index is 787. The van der Waals surface area contributed by atoms with E-state index in [-0.39, 0.29) is 30.0 Å². The molecule has 2 amide bonds. The molecule has 0 saturated heterocycles. The molecule has 5 nitrogen and oxygen atoms in total. The van der Waals surface area contributed by atoms with Gasteiger partial charge in [-0.05, 0) is 57.0 Å². The molecule has 1 heterocycles. The summed E-state index contributed by atoms with van der Waals surface area (Å²) in [6, 6.07) is 14.3. The third-order valence-corrected chi connectivity index (χ3v) is 4.14. The van der Waals surface area contributed by atoms with Gasteiger partial charge in [0, 0.05) is 12.6 Å². The van der Waals surface area contributed by atoms with Crippen molar-refractivity contribution >= 4 is 11.8 Å². The minimum atomic E-state index is -0.327. The van der Waals surface area contributed by atoms with E-state index in [9.17, 15) is 9.59 Å². The van der Waals surface area contributed by atoms with Gasteiger partial charge in [0.05, 0.1) is 11.1 Å². The lowest BCUT2D eigenvalue weighted by molar-refractivity contribution is 0.0644. The molecule has 2 aromatic rings. The number of ether oxygens (including phenoxy) is 1. The number of imide groups is 1. The van der Waals surface area contributed by atoms with Crippen LogP contribution in [0.2, 0.25) is 0 Å². The third-order valence-electron chi connectivity index (χ3n) is 4.14. The van der Waals surface area contributed by atoms with Crippen LogP contribution in [-0.4, -0.2) is 34.9 Å². The Morgan fingerprint density at radius 2 is 1.50 bits per heavy atom. The maximum absolute atomic E-state index is 12.4. The van der Waals surface area contributed by atoms with Crippen LogP contribution < -0.4 is 10.5 Å². The molecule has 0 fully saturated rings.